The molecule has 3 atom stereocenters. The second-order valence-electron chi connectivity index (χ2n) is 9.01. The van der Waals surface area contributed by atoms with Gasteiger partial charge in [0.2, 0.25) is 0 Å². The molecule has 1 saturated heterocycles. The second-order valence-corrected chi connectivity index (χ2v) is 9.01. The number of benzene rings is 2. The lowest BCUT2D eigenvalue weighted by atomic mass is 9.76. The minimum absolute atomic E-state index is 0.0484. The van der Waals surface area contributed by atoms with E-state index in [1.165, 1.54) is 24.3 Å². The number of carbonyl (C=O) groups is 4. The highest BCUT2D eigenvalue weighted by Gasteiger charge is 2.52. The average molecular weight is 494 g/mol. The Balaban J connectivity index is 1.68. The van der Waals surface area contributed by atoms with Crippen LogP contribution in [0.2, 0.25) is 0 Å². The number of nitro benzene ring substituents is 2. The van der Waals surface area contributed by atoms with Crippen molar-refractivity contribution in [1.82, 2.24) is 10.0 Å². The summed E-state index contributed by atoms with van der Waals surface area (Å²) in [4.78, 5) is 73.7. The summed E-state index contributed by atoms with van der Waals surface area (Å²) in [5, 5.41) is 23.4. The van der Waals surface area contributed by atoms with E-state index in [-0.39, 0.29) is 28.4 Å². The van der Waals surface area contributed by atoms with Crippen molar-refractivity contribution in [1.29, 1.82) is 0 Å². The van der Waals surface area contributed by atoms with E-state index in [1.54, 1.807) is 0 Å². The standard InChI is InChI=1S/C24H22N4O8/c1-14-2-11-19-20(12-14)24(32)26(23(19)31)25(22(30)16-5-9-18(10-6-16)28(35)36)13-21(29)15-3-7-17(8-4-15)27(33)34/h3-10,14,19-20H,2,11-13H2,1H3/t14-,19+,20+/m1/s1. The highest BCUT2D eigenvalue weighted by molar-refractivity contribution is 6.09. The first-order valence-electron chi connectivity index (χ1n) is 11.3. The van der Waals surface area contributed by atoms with Gasteiger partial charge in [0.25, 0.3) is 29.1 Å². The molecule has 1 heterocycles. The lowest BCUT2D eigenvalue weighted by Crippen LogP contribution is -2.52. The number of hydrogen-bond acceptors (Lipinski definition) is 8. The van der Waals surface area contributed by atoms with Gasteiger partial charge in [0.1, 0.15) is 6.54 Å². The third-order valence-corrected chi connectivity index (χ3v) is 6.66. The fourth-order valence-electron chi connectivity index (χ4n) is 4.71. The van der Waals surface area contributed by atoms with Gasteiger partial charge in [-0.1, -0.05) is 6.92 Å². The summed E-state index contributed by atoms with van der Waals surface area (Å²) < 4.78 is 0. The topological polar surface area (TPSA) is 161 Å². The molecule has 186 valence electrons. The van der Waals surface area contributed by atoms with Gasteiger partial charge in [0, 0.05) is 35.4 Å². The quantitative estimate of drug-likeness (QED) is 0.245. The molecule has 2 aromatic carbocycles. The van der Waals surface area contributed by atoms with Gasteiger partial charge in [-0.3, -0.25) is 39.4 Å². The fraction of sp³-hybridized carbons (Fsp3) is 0.333. The zero-order chi connectivity index (χ0) is 26.1. The molecule has 0 N–H and O–H groups in total. The first kappa shape index (κ1) is 24.6. The van der Waals surface area contributed by atoms with Crippen LogP contribution >= 0.6 is 0 Å². The number of nitro groups is 2. The zero-order valence-corrected chi connectivity index (χ0v) is 19.2. The number of ketones is 1. The molecule has 1 saturated carbocycles. The van der Waals surface area contributed by atoms with Gasteiger partial charge in [0.15, 0.2) is 5.78 Å². The normalized spacial score (nSPS) is 21.1. The summed E-state index contributed by atoms with van der Waals surface area (Å²) >= 11 is 0. The van der Waals surface area contributed by atoms with Crippen LogP contribution in [0.5, 0.6) is 0 Å². The summed E-state index contributed by atoms with van der Waals surface area (Å²) in [6, 6.07) is 9.31. The third kappa shape index (κ3) is 4.57. The van der Waals surface area contributed by atoms with Crippen molar-refractivity contribution < 1.29 is 29.0 Å². The number of imide groups is 1. The van der Waals surface area contributed by atoms with Crippen LogP contribution in [0, 0.1) is 38.0 Å². The molecule has 0 spiro atoms. The Morgan fingerprint density at radius 1 is 0.861 bits per heavy atom. The SMILES string of the molecule is C[C@@H]1CC[C@@H]2C(=O)N(N(CC(=O)c3ccc([N+](=O)[O-])cc3)C(=O)c3ccc([N+](=O)[O-])cc3)C(=O)[C@H]2C1. The number of hydrogen-bond donors (Lipinski definition) is 0. The Hall–Kier alpha value is -4.48. The zero-order valence-electron chi connectivity index (χ0n) is 19.2. The molecule has 0 aromatic heterocycles. The number of nitrogens with zero attached hydrogens (tertiary/aromatic N) is 4. The molecule has 2 aromatic rings. The lowest BCUT2D eigenvalue weighted by molar-refractivity contribution is -0.385. The van der Waals surface area contributed by atoms with Crippen LogP contribution in [0.3, 0.4) is 0 Å². The lowest BCUT2D eigenvalue weighted by Gasteiger charge is -2.30. The highest BCUT2D eigenvalue weighted by atomic mass is 16.6. The van der Waals surface area contributed by atoms with Crippen LogP contribution in [0.25, 0.3) is 0 Å². The van der Waals surface area contributed by atoms with E-state index in [9.17, 15) is 39.4 Å². The molecule has 2 fully saturated rings. The summed E-state index contributed by atoms with van der Waals surface area (Å²) in [7, 11) is 0. The average Bonchev–Trinajstić information content (AvgIpc) is 3.11. The molecule has 0 unspecified atom stereocenters. The number of hydrazine groups is 1. The van der Waals surface area contributed by atoms with E-state index in [0.717, 1.165) is 40.7 Å². The number of non-ortho nitro benzene ring substituents is 2. The monoisotopic (exact) mass is 494 g/mol. The molecular weight excluding hydrogens is 472 g/mol. The molecule has 1 aliphatic carbocycles. The van der Waals surface area contributed by atoms with Crippen molar-refractivity contribution in [3.63, 3.8) is 0 Å². The van der Waals surface area contributed by atoms with E-state index < -0.39 is 51.7 Å². The first-order valence-corrected chi connectivity index (χ1v) is 11.3. The Labute approximate surface area is 204 Å². The molecule has 12 nitrogen and oxygen atoms in total. The second kappa shape index (κ2) is 9.64. The van der Waals surface area contributed by atoms with E-state index in [1.807, 2.05) is 6.92 Å². The van der Waals surface area contributed by atoms with Gasteiger partial charge in [0.05, 0.1) is 21.7 Å². The van der Waals surface area contributed by atoms with Crippen LogP contribution in [0.1, 0.15) is 46.9 Å². The Kier molecular flexibility index (Phi) is 6.60. The first-order chi connectivity index (χ1) is 17.1. The summed E-state index contributed by atoms with van der Waals surface area (Å²) in [6.07, 6.45) is 1.73. The molecule has 4 rings (SSSR count). The number of carbonyl (C=O) groups excluding carboxylic acids is 4. The highest BCUT2D eigenvalue weighted by Crippen LogP contribution is 2.41. The minimum Gasteiger partial charge on any atom is -0.292 e. The van der Waals surface area contributed by atoms with Crippen molar-refractivity contribution >= 4 is 34.9 Å². The van der Waals surface area contributed by atoms with Gasteiger partial charge in [-0.15, -0.1) is 0 Å². The van der Waals surface area contributed by atoms with Crippen molar-refractivity contribution in [2.45, 2.75) is 26.2 Å². The van der Waals surface area contributed by atoms with Crippen LogP contribution in [0.15, 0.2) is 48.5 Å². The van der Waals surface area contributed by atoms with Crippen molar-refractivity contribution in [3.05, 3.63) is 79.9 Å². The molecule has 3 amide bonds. The van der Waals surface area contributed by atoms with Gasteiger partial charge < -0.3 is 0 Å². The largest absolute Gasteiger partial charge is 0.292 e. The number of Topliss-reactive ketones (excluding diaryl/α,β-unsaturated/α-hetero) is 1. The van der Waals surface area contributed by atoms with E-state index in [4.69, 9.17) is 0 Å². The smallest absolute Gasteiger partial charge is 0.273 e. The Morgan fingerprint density at radius 2 is 1.36 bits per heavy atom. The van der Waals surface area contributed by atoms with Crippen LogP contribution in [-0.2, 0) is 9.59 Å². The number of amides is 3. The van der Waals surface area contributed by atoms with Gasteiger partial charge >= 0.3 is 0 Å². The summed E-state index contributed by atoms with van der Waals surface area (Å²) in [6.45, 7) is 1.30. The maximum Gasteiger partial charge on any atom is 0.273 e. The molecule has 12 heteroatoms. The molecule has 1 aliphatic heterocycles. The van der Waals surface area contributed by atoms with Gasteiger partial charge in [-0.05, 0) is 49.4 Å². The molecule has 0 bridgehead atoms. The molecule has 36 heavy (non-hydrogen) atoms. The van der Waals surface area contributed by atoms with E-state index >= 15 is 0 Å². The number of rotatable bonds is 7. The minimum atomic E-state index is -0.853. The van der Waals surface area contributed by atoms with E-state index in [0.29, 0.717) is 12.8 Å². The maximum absolute atomic E-state index is 13.5. The predicted molar refractivity (Wildman–Crippen MR) is 123 cm³/mol. The van der Waals surface area contributed by atoms with Crippen molar-refractivity contribution in [2.24, 2.45) is 17.8 Å². The summed E-state index contributed by atoms with van der Waals surface area (Å²) in [5.41, 5.74) is -0.491. The third-order valence-electron chi connectivity index (χ3n) is 6.66. The number of fused-ring (bicyclic) bond motifs is 1. The van der Waals surface area contributed by atoms with Gasteiger partial charge in [-0.2, -0.15) is 5.01 Å². The Morgan fingerprint density at radius 3 is 1.89 bits per heavy atom. The van der Waals surface area contributed by atoms with Crippen molar-refractivity contribution in [2.75, 3.05) is 6.54 Å². The molecule has 0 radical (unpaired) electrons. The van der Waals surface area contributed by atoms with Crippen molar-refractivity contribution in [3.8, 4) is 0 Å². The van der Waals surface area contributed by atoms with E-state index in [2.05, 4.69) is 0 Å². The van der Waals surface area contributed by atoms with Crippen LogP contribution in [-0.4, -0.2) is 49.9 Å². The Bertz CT molecular complexity index is 1260. The van der Waals surface area contributed by atoms with Crippen LogP contribution in [0.4, 0.5) is 11.4 Å². The molecule has 2 aliphatic rings. The molecular formula is C24H22N4O8. The fourth-order valence-corrected chi connectivity index (χ4v) is 4.71. The van der Waals surface area contributed by atoms with Gasteiger partial charge in [-0.25, -0.2) is 5.01 Å². The van der Waals surface area contributed by atoms with Crippen LogP contribution < -0.4 is 0 Å². The summed E-state index contributed by atoms with van der Waals surface area (Å²) in [5.74, 6) is -3.59. The maximum atomic E-state index is 13.5. The predicted octanol–water partition coefficient (Wildman–Crippen LogP) is 3.16.